The Labute approximate surface area is 60.1 Å². The third-order valence-electron chi connectivity index (χ3n) is 1.34. The average molecular weight is 152 g/mol. The fourth-order valence-corrected chi connectivity index (χ4v) is 0.854. The lowest BCUT2D eigenvalue weighted by atomic mass is 10.4. The molecular formula is C5H10ClNO2. The lowest BCUT2D eigenvalue weighted by molar-refractivity contribution is -0.130. The topological polar surface area (TPSA) is 40.5 Å². The Bertz CT molecular complexity index is 107. The van der Waals surface area contributed by atoms with Crippen molar-refractivity contribution in [1.82, 2.24) is 4.90 Å². The molecule has 1 N–H and O–H groups in total. The Kier molecular flexibility index (Phi) is 3.58. The first-order valence-corrected chi connectivity index (χ1v) is 2.73. The van der Waals surface area contributed by atoms with Gasteiger partial charge in [0.1, 0.15) is 6.73 Å². The van der Waals surface area contributed by atoms with E-state index in [-0.39, 0.29) is 25.0 Å². The summed E-state index contributed by atoms with van der Waals surface area (Å²) in [5.74, 6) is 0.0764. The van der Waals surface area contributed by atoms with Crippen molar-refractivity contribution in [2.24, 2.45) is 0 Å². The number of halogens is 1. The Morgan fingerprint density at radius 2 is 2.33 bits per heavy atom. The van der Waals surface area contributed by atoms with Crippen LogP contribution in [0.5, 0.6) is 0 Å². The van der Waals surface area contributed by atoms with Crippen molar-refractivity contribution in [3.63, 3.8) is 0 Å². The summed E-state index contributed by atoms with van der Waals surface area (Å²) in [6.45, 7) is 0.619. The molecule has 0 radical (unpaired) electrons. The average Bonchev–Trinajstić information content (AvgIpc) is 2.14. The number of amides is 1. The van der Waals surface area contributed by atoms with Crippen LogP contribution in [0.3, 0.4) is 0 Å². The molecule has 4 heteroatoms. The van der Waals surface area contributed by atoms with E-state index in [2.05, 4.69) is 0 Å². The number of likely N-dealkylation sites (tertiary alicyclic amines) is 1. The van der Waals surface area contributed by atoms with Crippen LogP contribution in [0.25, 0.3) is 0 Å². The standard InChI is InChI=1S/C5H9NO2.ClH/c7-4-6-3-1-2-5(6)8;/h7H,1-4H2;1H. The van der Waals surface area contributed by atoms with Crippen molar-refractivity contribution in [1.29, 1.82) is 0 Å². The molecule has 1 fully saturated rings. The first-order valence-electron chi connectivity index (χ1n) is 2.73. The Balaban J connectivity index is 0.000000640. The first kappa shape index (κ1) is 8.72. The molecule has 54 valence electrons. The third kappa shape index (κ3) is 1.84. The molecule has 0 aromatic heterocycles. The highest BCUT2D eigenvalue weighted by Crippen LogP contribution is 2.06. The SMILES string of the molecule is Cl.O=C1CCCN1CO. The van der Waals surface area contributed by atoms with E-state index in [1.54, 1.807) is 0 Å². The molecule has 1 amide bonds. The van der Waals surface area contributed by atoms with Gasteiger partial charge in [0, 0.05) is 13.0 Å². The minimum Gasteiger partial charge on any atom is -0.376 e. The minimum absolute atomic E-state index is 0. The third-order valence-corrected chi connectivity index (χ3v) is 1.34. The molecule has 3 nitrogen and oxygen atoms in total. The van der Waals surface area contributed by atoms with Crippen LogP contribution >= 0.6 is 12.4 Å². The minimum atomic E-state index is -0.112. The van der Waals surface area contributed by atoms with E-state index in [9.17, 15) is 4.79 Å². The van der Waals surface area contributed by atoms with Gasteiger partial charge in [0.2, 0.25) is 5.91 Å². The molecule has 0 aromatic carbocycles. The predicted molar refractivity (Wildman–Crippen MR) is 35.3 cm³/mol. The summed E-state index contributed by atoms with van der Waals surface area (Å²) in [4.78, 5) is 12.0. The van der Waals surface area contributed by atoms with Crippen LogP contribution in [0.2, 0.25) is 0 Å². The van der Waals surface area contributed by atoms with Crippen LogP contribution in [-0.2, 0) is 4.79 Å². The molecule has 0 bridgehead atoms. The molecule has 1 rings (SSSR count). The molecule has 9 heavy (non-hydrogen) atoms. The quantitative estimate of drug-likeness (QED) is 0.572. The highest BCUT2D eigenvalue weighted by molar-refractivity contribution is 5.85. The van der Waals surface area contributed by atoms with Gasteiger partial charge >= 0.3 is 0 Å². The summed E-state index contributed by atoms with van der Waals surface area (Å²) < 4.78 is 0. The molecule has 0 unspecified atom stereocenters. The van der Waals surface area contributed by atoms with Gasteiger partial charge < -0.3 is 10.0 Å². The maximum Gasteiger partial charge on any atom is 0.224 e. The summed E-state index contributed by atoms with van der Waals surface area (Å²) in [5, 5.41) is 8.44. The first-order chi connectivity index (χ1) is 3.84. The van der Waals surface area contributed by atoms with Crippen LogP contribution in [0.1, 0.15) is 12.8 Å². The number of carbonyl (C=O) groups is 1. The lowest BCUT2D eigenvalue weighted by Crippen LogP contribution is -2.24. The zero-order valence-electron chi connectivity index (χ0n) is 5.04. The Morgan fingerprint density at radius 1 is 1.67 bits per heavy atom. The molecule has 0 saturated carbocycles. The summed E-state index contributed by atoms with van der Waals surface area (Å²) >= 11 is 0. The molecule has 1 heterocycles. The normalized spacial score (nSPS) is 17.9. The number of nitrogens with zero attached hydrogens (tertiary/aromatic N) is 1. The van der Waals surface area contributed by atoms with Crippen LogP contribution in [0.15, 0.2) is 0 Å². The highest BCUT2D eigenvalue weighted by atomic mass is 35.5. The van der Waals surface area contributed by atoms with Gasteiger partial charge in [-0.05, 0) is 6.42 Å². The second kappa shape index (κ2) is 3.69. The molecular weight excluding hydrogens is 142 g/mol. The molecule has 0 atom stereocenters. The van der Waals surface area contributed by atoms with Gasteiger partial charge in [0.15, 0.2) is 0 Å². The van der Waals surface area contributed by atoms with Gasteiger partial charge in [-0.25, -0.2) is 0 Å². The van der Waals surface area contributed by atoms with E-state index >= 15 is 0 Å². The van der Waals surface area contributed by atoms with Crippen LogP contribution in [0, 0.1) is 0 Å². The van der Waals surface area contributed by atoms with Crippen LogP contribution in [0.4, 0.5) is 0 Å². The predicted octanol–water partition coefficient (Wildman–Crippen LogP) is -0.0196. The number of rotatable bonds is 1. The summed E-state index contributed by atoms with van der Waals surface area (Å²) in [5.41, 5.74) is 0. The van der Waals surface area contributed by atoms with Gasteiger partial charge in [-0.2, -0.15) is 0 Å². The van der Waals surface area contributed by atoms with Gasteiger partial charge in [0.25, 0.3) is 0 Å². The second-order valence-electron chi connectivity index (χ2n) is 1.90. The number of aliphatic hydroxyl groups is 1. The van der Waals surface area contributed by atoms with Gasteiger partial charge in [-0.15, -0.1) is 12.4 Å². The second-order valence-corrected chi connectivity index (χ2v) is 1.90. The molecule has 0 aliphatic carbocycles. The van der Waals surface area contributed by atoms with E-state index in [1.165, 1.54) is 4.90 Å². The van der Waals surface area contributed by atoms with Gasteiger partial charge in [0.05, 0.1) is 0 Å². The smallest absolute Gasteiger partial charge is 0.224 e. The van der Waals surface area contributed by atoms with E-state index in [0.29, 0.717) is 6.42 Å². The Hall–Kier alpha value is -0.280. The van der Waals surface area contributed by atoms with E-state index in [4.69, 9.17) is 5.11 Å². The molecule has 1 aliphatic heterocycles. The van der Waals surface area contributed by atoms with E-state index < -0.39 is 0 Å². The van der Waals surface area contributed by atoms with Crippen molar-refractivity contribution in [2.45, 2.75) is 12.8 Å². The molecule has 0 aromatic rings. The maximum atomic E-state index is 10.6. The van der Waals surface area contributed by atoms with E-state index in [1.807, 2.05) is 0 Å². The zero-order valence-corrected chi connectivity index (χ0v) is 5.86. The van der Waals surface area contributed by atoms with Crippen molar-refractivity contribution in [2.75, 3.05) is 13.3 Å². The van der Waals surface area contributed by atoms with Crippen LogP contribution in [-0.4, -0.2) is 29.2 Å². The summed E-state index contributed by atoms with van der Waals surface area (Å²) in [7, 11) is 0. The summed E-state index contributed by atoms with van der Waals surface area (Å²) in [6.07, 6.45) is 1.51. The van der Waals surface area contributed by atoms with Crippen molar-refractivity contribution >= 4 is 18.3 Å². The van der Waals surface area contributed by atoms with E-state index in [0.717, 1.165) is 13.0 Å². The largest absolute Gasteiger partial charge is 0.376 e. The lowest BCUT2D eigenvalue weighted by Gasteiger charge is -2.08. The van der Waals surface area contributed by atoms with Gasteiger partial charge in [-0.3, -0.25) is 4.79 Å². The summed E-state index contributed by atoms with van der Waals surface area (Å²) in [6, 6.07) is 0. The van der Waals surface area contributed by atoms with Crippen molar-refractivity contribution in [3.8, 4) is 0 Å². The highest BCUT2D eigenvalue weighted by Gasteiger charge is 2.17. The monoisotopic (exact) mass is 151 g/mol. The van der Waals surface area contributed by atoms with Gasteiger partial charge in [-0.1, -0.05) is 0 Å². The number of carbonyl (C=O) groups excluding carboxylic acids is 1. The zero-order chi connectivity index (χ0) is 5.98. The van der Waals surface area contributed by atoms with Crippen molar-refractivity contribution in [3.05, 3.63) is 0 Å². The molecule has 0 spiro atoms. The number of aliphatic hydroxyl groups excluding tert-OH is 1. The fourth-order valence-electron chi connectivity index (χ4n) is 0.854. The maximum absolute atomic E-state index is 10.6. The number of hydrogen-bond acceptors (Lipinski definition) is 2. The number of hydrogen-bond donors (Lipinski definition) is 1. The van der Waals surface area contributed by atoms with Crippen molar-refractivity contribution < 1.29 is 9.90 Å². The van der Waals surface area contributed by atoms with Crippen LogP contribution < -0.4 is 0 Å². The Morgan fingerprint density at radius 3 is 2.56 bits per heavy atom. The fraction of sp³-hybridized carbons (Fsp3) is 0.800. The molecule has 1 saturated heterocycles. The molecule has 1 aliphatic rings.